The molecule has 0 N–H and O–H groups in total. The summed E-state index contributed by atoms with van der Waals surface area (Å²) in [5, 5.41) is 10.2. The van der Waals surface area contributed by atoms with Gasteiger partial charge < -0.3 is 14.9 Å². The van der Waals surface area contributed by atoms with Crippen molar-refractivity contribution in [3.05, 3.63) is 198 Å². The topological polar surface area (TPSA) is 32.9 Å². The number of fused-ring (bicyclic) bond motifs is 3. The summed E-state index contributed by atoms with van der Waals surface area (Å²) < 4.78 is 0. The van der Waals surface area contributed by atoms with Gasteiger partial charge in [0.25, 0.3) is 0 Å². The second-order valence-corrected chi connectivity index (χ2v) is 21.4. The van der Waals surface area contributed by atoms with E-state index in [0.29, 0.717) is 0 Å². The van der Waals surface area contributed by atoms with Crippen LogP contribution in [0.4, 0.5) is 11.4 Å². The minimum absolute atomic E-state index is 0. The minimum Gasteiger partial charge on any atom is -0.657 e. The second-order valence-electron chi connectivity index (χ2n) is 21.4. The van der Waals surface area contributed by atoms with Crippen LogP contribution in [-0.2, 0) is 44.0 Å². The van der Waals surface area contributed by atoms with Crippen molar-refractivity contribution in [3.8, 4) is 22.3 Å². The normalized spacial score (nSPS) is 13.4. The molecule has 1 aliphatic heterocycles. The Labute approximate surface area is 404 Å². The summed E-state index contributed by atoms with van der Waals surface area (Å²) in [6.45, 7) is 29.8. The maximum absolute atomic E-state index is 5.61. The molecule has 5 heteroatoms. The predicted octanol–water partition coefficient (Wildman–Crippen LogP) is 16.0. The van der Waals surface area contributed by atoms with Crippen molar-refractivity contribution in [1.29, 1.82) is 0 Å². The van der Waals surface area contributed by atoms with E-state index in [1.54, 1.807) is 0 Å². The van der Waals surface area contributed by atoms with Crippen LogP contribution in [0, 0.1) is 6.67 Å². The molecule has 0 saturated carbocycles. The molecule has 0 aliphatic carbocycles. The zero-order valence-electron chi connectivity index (χ0n) is 40.3. The Kier molecular flexibility index (Phi) is 13.3. The third-order valence-corrected chi connectivity index (χ3v) is 12.3. The first-order valence-electron chi connectivity index (χ1n) is 22.7. The fourth-order valence-electron chi connectivity index (χ4n) is 8.29. The van der Waals surface area contributed by atoms with E-state index in [9.17, 15) is 0 Å². The fraction of sp³-hybridized carbons (Fsp3) is 0.267. The Morgan fingerprint density at radius 3 is 1.22 bits per heavy atom. The summed E-state index contributed by atoms with van der Waals surface area (Å²) in [6, 6.07) is 58.7. The van der Waals surface area contributed by atoms with Gasteiger partial charge in [-0.05, 0) is 90.1 Å². The van der Waals surface area contributed by atoms with E-state index in [1.807, 2.05) is 12.1 Å². The number of benzene rings is 7. The second kappa shape index (κ2) is 18.3. The van der Waals surface area contributed by atoms with E-state index in [0.717, 1.165) is 56.1 Å². The van der Waals surface area contributed by atoms with Crippen LogP contribution in [-0.4, -0.2) is 5.84 Å². The smallest absolute Gasteiger partial charge is 0.129 e. The van der Waals surface area contributed by atoms with Crippen molar-refractivity contribution in [3.63, 3.8) is 0 Å². The molecule has 7 aromatic carbocycles. The summed E-state index contributed by atoms with van der Waals surface area (Å²) in [6.07, 6.45) is 0. The first kappa shape index (κ1) is 47.3. The maximum Gasteiger partial charge on any atom is 0.129 e. The van der Waals surface area contributed by atoms with Gasteiger partial charge in [0, 0.05) is 50.4 Å². The van der Waals surface area contributed by atoms with Crippen LogP contribution in [0.3, 0.4) is 0 Å². The zero-order chi connectivity index (χ0) is 45.6. The Balaban J connectivity index is 0.000000381. The van der Waals surface area contributed by atoms with Crippen molar-refractivity contribution in [1.82, 2.24) is 4.98 Å². The molecule has 337 valence electrons. The largest absolute Gasteiger partial charge is 0.657 e. The van der Waals surface area contributed by atoms with Gasteiger partial charge in [-0.2, -0.15) is 5.10 Å². The van der Waals surface area contributed by atoms with Crippen molar-refractivity contribution in [2.24, 2.45) is 5.10 Å². The molecule has 4 nitrogen and oxygen atoms in total. The monoisotopic (exact) mass is 1040 g/mol. The van der Waals surface area contributed by atoms with Crippen LogP contribution in [0.2, 0.25) is 0 Å². The van der Waals surface area contributed by atoms with Crippen molar-refractivity contribution < 1.29 is 22.4 Å². The maximum atomic E-state index is 5.61. The van der Waals surface area contributed by atoms with E-state index in [-0.39, 0.29) is 44.0 Å². The van der Waals surface area contributed by atoms with Crippen LogP contribution in [0.25, 0.3) is 44.1 Å². The number of hydrazone groups is 1. The van der Waals surface area contributed by atoms with Gasteiger partial charge in [-0.15, -0.1) is 17.7 Å². The first-order valence-corrected chi connectivity index (χ1v) is 22.7. The minimum atomic E-state index is -0.0324. The Morgan fingerprint density at radius 2 is 0.800 bits per heavy atom. The molecular weight excluding hydrogens is 974 g/mol. The summed E-state index contributed by atoms with van der Waals surface area (Å²) in [5.74, 6) is 0.916. The summed E-state index contributed by atoms with van der Waals surface area (Å²) in [4.78, 5) is 6.84. The van der Waals surface area contributed by atoms with E-state index in [4.69, 9.17) is 5.10 Å². The Hall–Kier alpha value is -5.65. The van der Waals surface area contributed by atoms with Gasteiger partial charge in [0.2, 0.25) is 0 Å². The van der Waals surface area contributed by atoms with Crippen LogP contribution in [0.5, 0.6) is 0 Å². The zero-order valence-corrected chi connectivity index (χ0v) is 42.4. The molecule has 0 bridgehead atoms. The van der Waals surface area contributed by atoms with Crippen LogP contribution >= 0.6 is 0 Å². The van der Waals surface area contributed by atoms with E-state index in [2.05, 4.69) is 256 Å². The Bertz CT molecular complexity index is 2780. The average molecular weight is 1040 g/mol. The van der Waals surface area contributed by atoms with Crippen molar-refractivity contribution in [2.45, 2.75) is 105 Å². The van der Waals surface area contributed by atoms with E-state index in [1.165, 1.54) is 33.0 Å². The molecule has 65 heavy (non-hydrogen) atoms. The molecule has 2 heterocycles. The number of rotatable bonds is 5. The number of hydrogen-bond donors (Lipinski definition) is 0. The van der Waals surface area contributed by atoms with Gasteiger partial charge in [-0.3, -0.25) is 0 Å². The summed E-state index contributed by atoms with van der Waals surface area (Å²) in [5.41, 5.74) is 15.1. The molecule has 0 atom stereocenters. The van der Waals surface area contributed by atoms with Gasteiger partial charge in [-0.1, -0.05) is 223 Å². The van der Waals surface area contributed by atoms with Gasteiger partial charge in [-0.25, -0.2) is 0 Å². The molecule has 8 aromatic rings. The summed E-state index contributed by atoms with van der Waals surface area (Å²) >= 11 is 0. The predicted molar refractivity (Wildman–Crippen MR) is 276 cm³/mol. The number of anilines is 2. The number of para-hydroxylation sites is 3. The van der Waals surface area contributed by atoms with Crippen LogP contribution < -0.4 is 14.9 Å². The van der Waals surface area contributed by atoms with Gasteiger partial charge in [0.15, 0.2) is 0 Å². The molecule has 1 radical (unpaired) electrons. The molecule has 0 saturated heterocycles. The SMILES string of the molecule is CC(C)(C)c1cc(C2=NN(c3c(-c4ccccc4)cccc3-c3ccccc3)[CH-]N2c2cc(C(C)(C)C)cc(C(C)(C)C)c2)cc(C(C)(C)C)c1.[Au].c1ccc2c(c1)[n-]c1ccccc12. The molecule has 0 unspecified atom stereocenters. The third kappa shape index (κ3) is 10.3. The Morgan fingerprint density at radius 1 is 0.415 bits per heavy atom. The average Bonchev–Trinajstić information content (AvgIpc) is 3.88. The molecule has 0 spiro atoms. The summed E-state index contributed by atoms with van der Waals surface area (Å²) in [7, 11) is 0. The third-order valence-electron chi connectivity index (χ3n) is 12.3. The molecule has 0 amide bonds. The standard InChI is InChI=1S/C48H56N3.C12H8N.Au/c1-45(2,3)36-26-35(27-37(28-36)46(4,5)6)44-49-51(32-50(44)40-30-38(47(7,8)9)29-39(31-40)48(10,11)12)43-41(33-20-15-13-16-21-33)24-19-25-42(43)34-22-17-14-18-23-34;1-3-7-11-9(5-1)10-6-2-4-8-12(10)13-11;/h13-32H,1-12H3;1-8H;/q2*-1;. The first-order chi connectivity index (χ1) is 30.3. The van der Waals surface area contributed by atoms with Crippen molar-refractivity contribution in [2.75, 3.05) is 9.91 Å². The number of hydrogen-bond acceptors (Lipinski definition) is 3. The quantitative estimate of drug-likeness (QED) is 0.127. The van der Waals surface area contributed by atoms with Gasteiger partial charge in [0.1, 0.15) is 5.84 Å². The number of nitrogens with zero attached hydrogens (tertiary/aromatic N) is 4. The van der Waals surface area contributed by atoms with Gasteiger partial charge in [0.05, 0.1) is 0 Å². The molecular formula is C60H64AuN4-2. The molecule has 9 rings (SSSR count). The van der Waals surface area contributed by atoms with Gasteiger partial charge >= 0.3 is 0 Å². The number of aromatic nitrogens is 1. The fourth-order valence-corrected chi connectivity index (χ4v) is 8.29. The van der Waals surface area contributed by atoms with E-state index >= 15 is 0 Å². The molecule has 0 fully saturated rings. The molecule has 1 aliphatic rings. The molecule has 1 aromatic heterocycles. The van der Waals surface area contributed by atoms with Crippen LogP contribution in [0.1, 0.15) is 111 Å². The van der Waals surface area contributed by atoms with Crippen molar-refractivity contribution >= 4 is 39.0 Å². The van der Waals surface area contributed by atoms with E-state index < -0.39 is 0 Å². The number of amidine groups is 1. The van der Waals surface area contributed by atoms with Crippen LogP contribution in [0.15, 0.2) is 169 Å².